The minimum absolute atomic E-state index is 0.128. The predicted octanol–water partition coefficient (Wildman–Crippen LogP) is 0.496. The fourth-order valence-electron chi connectivity index (χ4n) is 0.158. The van der Waals surface area contributed by atoms with Crippen molar-refractivity contribution in [3.63, 3.8) is 0 Å². The molecule has 0 atom stereocenters. The molecule has 0 aromatic carbocycles. The summed E-state index contributed by atoms with van der Waals surface area (Å²) in [7, 11) is 0. The zero-order valence-electron chi connectivity index (χ0n) is 4.23. The van der Waals surface area contributed by atoms with E-state index in [1.807, 2.05) is 0 Å². The van der Waals surface area contributed by atoms with Gasteiger partial charge in [0.2, 0.25) is 6.41 Å². The Hall–Kier alpha value is -0.420. The molecule has 0 radical (unpaired) electrons. The third-order valence-electron chi connectivity index (χ3n) is 0.367. The summed E-state index contributed by atoms with van der Waals surface area (Å²) in [6.07, 6.45) is 0.128. The molecule has 0 saturated carbocycles. The van der Waals surface area contributed by atoms with Crippen LogP contribution in [0.1, 0.15) is 0 Å². The van der Waals surface area contributed by atoms with Gasteiger partial charge in [-0.05, 0) is 11.6 Å². The van der Waals surface area contributed by atoms with E-state index in [1.54, 1.807) is 5.48 Å². The van der Waals surface area contributed by atoms with Gasteiger partial charge in [0.15, 0.2) is 6.61 Å². The van der Waals surface area contributed by atoms with Crippen molar-refractivity contribution in [2.75, 3.05) is 6.61 Å². The zero-order chi connectivity index (χ0) is 7.33. The first-order valence-corrected chi connectivity index (χ1v) is 2.32. The van der Waals surface area contributed by atoms with Crippen LogP contribution < -0.4 is 5.48 Å². The van der Waals surface area contributed by atoms with Crippen LogP contribution in [0.25, 0.3) is 0 Å². The second-order valence-corrected chi connectivity index (χ2v) is 1.69. The van der Waals surface area contributed by atoms with Crippen LogP contribution in [0.5, 0.6) is 0 Å². The van der Waals surface area contributed by atoms with Gasteiger partial charge in [-0.2, -0.15) is 8.78 Å². The summed E-state index contributed by atoms with van der Waals surface area (Å²) in [6.45, 7) is -1.03. The van der Waals surface area contributed by atoms with Crippen LogP contribution in [-0.4, -0.2) is 18.4 Å². The van der Waals surface area contributed by atoms with Gasteiger partial charge in [0.05, 0.1) is 0 Å². The van der Waals surface area contributed by atoms with Gasteiger partial charge in [0, 0.05) is 0 Å². The number of carbonyl (C=O) groups excluding carboxylic acids is 1. The molecule has 1 N–H and O–H groups in total. The summed E-state index contributed by atoms with van der Waals surface area (Å²) in [6, 6.07) is 0. The molecule has 54 valence electrons. The van der Waals surface area contributed by atoms with Crippen LogP contribution in [0.2, 0.25) is 0 Å². The lowest BCUT2D eigenvalue weighted by atomic mass is 10.8. The first kappa shape index (κ1) is 8.58. The molecule has 0 saturated heterocycles. The quantitative estimate of drug-likeness (QED) is 0.281. The maximum atomic E-state index is 11.5. The summed E-state index contributed by atoms with van der Waals surface area (Å²) >= 11 is 4.35. The lowest BCUT2D eigenvalue weighted by Crippen LogP contribution is -2.22. The summed E-state index contributed by atoms with van der Waals surface area (Å²) in [4.78, 5) is 13.2. The van der Waals surface area contributed by atoms with Crippen LogP contribution in [0.4, 0.5) is 8.78 Å². The molecule has 3 nitrogen and oxygen atoms in total. The molecule has 0 unspecified atom stereocenters. The fourth-order valence-corrected chi connectivity index (χ4v) is 0.212. The van der Waals surface area contributed by atoms with Crippen molar-refractivity contribution in [2.45, 2.75) is 5.38 Å². The molecule has 0 aromatic heterocycles. The van der Waals surface area contributed by atoms with Gasteiger partial charge in [-0.15, -0.1) is 0 Å². The van der Waals surface area contributed by atoms with Crippen LogP contribution in [0.3, 0.4) is 0 Å². The Kier molecular flexibility index (Phi) is 3.41. The Labute approximate surface area is 54.9 Å². The molecule has 0 aromatic rings. The molecular formula is C3H4ClF2NO2. The molecule has 6 heteroatoms. The van der Waals surface area contributed by atoms with Crippen molar-refractivity contribution >= 4 is 18.0 Å². The van der Waals surface area contributed by atoms with Crippen molar-refractivity contribution in [1.82, 2.24) is 5.48 Å². The fraction of sp³-hybridized carbons (Fsp3) is 0.667. The molecule has 0 aliphatic carbocycles. The highest BCUT2D eigenvalue weighted by atomic mass is 35.5. The molecule has 1 amide bonds. The first-order valence-electron chi connectivity index (χ1n) is 1.94. The SMILES string of the molecule is O=CNOCC(F)(F)Cl. The number of alkyl halides is 3. The standard InChI is InChI=1S/C3H4ClF2NO2/c4-3(5,6)1-9-7-2-8/h2H,1H2,(H,7,8). The third kappa shape index (κ3) is 7.58. The molecule has 0 spiro atoms. The average molecular weight is 160 g/mol. The van der Waals surface area contributed by atoms with E-state index in [9.17, 15) is 13.6 Å². The largest absolute Gasteiger partial charge is 0.347 e. The minimum Gasteiger partial charge on any atom is -0.277 e. The highest BCUT2D eigenvalue weighted by Crippen LogP contribution is 2.17. The molecule has 0 fully saturated rings. The van der Waals surface area contributed by atoms with Crippen molar-refractivity contribution in [2.24, 2.45) is 0 Å². The summed E-state index contributed by atoms with van der Waals surface area (Å²) in [5.74, 6) is 0. The van der Waals surface area contributed by atoms with E-state index in [-0.39, 0.29) is 6.41 Å². The highest BCUT2D eigenvalue weighted by molar-refractivity contribution is 6.21. The predicted molar refractivity (Wildman–Crippen MR) is 26.0 cm³/mol. The number of rotatable bonds is 4. The summed E-state index contributed by atoms with van der Waals surface area (Å²) < 4.78 is 23.1. The Balaban J connectivity index is 3.17. The van der Waals surface area contributed by atoms with E-state index >= 15 is 0 Å². The molecular weight excluding hydrogens is 155 g/mol. The number of hydrogen-bond donors (Lipinski definition) is 1. The second-order valence-electron chi connectivity index (χ2n) is 1.14. The van der Waals surface area contributed by atoms with Crippen LogP contribution in [0.15, 0.2) is 0 Å². The topological polar surface area (TPSA) is 38.3 Å². The maximum absolute atomic E-state index is 11.5. The number of hydrogen-bond acceptors (Lipinski definition) is 2. The van der Waals surface area contributed by atoms with E-state index in [0.717, 1.165) is 0 Å². The van der Waals surface area contributed by atoms with Gasteiger partial charge in [0.1, 0.15) is 0 Å². The lowest BCUT2D eigenvalue weighted by Gasteiger charge is -2.05. The van der Waals surface area contributed by atoms with Crippen molar-refractivity contribution < 1.29 is 18.4 Å². The highest BCUT2D eigenvalue weighted by Gasteiger charge is 2.24. The van der Waals surface area contributed by atoms with Gasteiger partial charge in [-0.25, -0.2) is 5.48 Å². The van der Waals surface area contributed by atoms with E-state index in [0.29, 0.717) is 0 Å². The zero-order valence-corrected chi connectivity index (χ0v) is 4.99. The molecule has 0 bridgehead atoms. The molecule has 0 aliphatic heterocycles. The number of amides is 1. The Morgan fingerprint density at radius 2 is 2.33 bits per heavy atom. The summed E-state index contributed by atoms with van der Waals surface area (Å²) in [5, 5.41) is -3.42. The summed E-state index contributed by atoms with van der Waals surface area (Å²) in [5.41, 5.74) is 1.56. The maximum Gasteiger partial charge on any atom is 0.347 e. The Morgan fingerprint density at radius 1 is 1.78 bits per heavy atom. The van der Waals surface area contributed by atoms with Gasteiger partial charge < -0.3 is 0 Å². The van der Waals surface area contributed by atoms with E-state index < -0.39 is 12.0 Å². The Morgan fingerprint density at radius 3 is 2.67 bits per heavy atom. The van der Waals surface area contributed by atoms with Gasteiger partial charge in [-0.3, -0.25) is 9.63 Å². The van der Waals surface area contributed by atoms with Crippen LogP contribution in [-0.2, 0) is 9.63 Å². The van der Waals surface area contributed by atoms with E-state index in [2.05, 4.69) is 16.4 Å². The number of carbonyl (C=O) groups is 1. The molecule has 9 heavy (non-hydrogen) atoms. The number of halogens is 3. The van der Waals surface area contributed by atoms with Crippen LogP contribution >= 0.6 is 11.6 Å². The Bertz CT molecular complexity index is 94.3. The first-order chi connectivity index (χ1) is 4.06. The van der Waals surface area contributed by atoms with Gasteiger partial charge >= 0.3 is 5.38 Å². The van der Waals surface area contributed by atoms with Gasteiger partial charge in [0.25, 0.3) is 0 Å². The molecule has 0 rings (SSSR count). The van der Waals surface area contributed by atoms with Crippen LogP contribution in [0, 0.1) is 0 Å². The van der Waals surface area contributed by atoms with E-state index in [1.165, 1.54) is 0 Å². The normalized spacial score (nSPS) is 11.0. The van der Waals surface area contributed by atoms with Crippen molar-refractivity contribution in [3.8, 4) is 0 Å². The number of hydroxylamine groups is 1. The lowest BCUT2D eigenvalue weighted by molar-refractivity contribution is -0.125. The monoisotopic (exact) mass is 159 g/mol. The minimum atomic E-state index is -3.42. The van der Waals surface area contributed by atoms with E-state index in [4.69, 9.17) is 0 Å². The van der Waals surface area contributed by atoms with Crippen molar-refractivity contribution in [1.29, 1.82) is 0 Å². The third-order valence-corrected chi connectivity index (χ3v) is 0.476. The average Bonchev–Trinajstić information content (AvgIpc) is 1.63. The molecule has 0 aliphatic rings. The second kappa shape index (κ2) is 3.58. The number of nitrogens with one attached hydrogen (secondary N) is 1. The smallest absolute Gasteiger partial charge is 0.277 e. The van der Waals surface area contributed by atoms with Crippen molar-refractivity contribution in [3.05, 3.63) is 0 Å². The molecule has 0 heterocycles. The van der Waals surface area contributed by atoms with Gasteiger partial charge in [-0.1, -0.05) is 0 Å².